The van der Waals surface area contributed by atoms with E-state index in [1.807, 2.05) is 45.2 Å². The number of aromatic nitrogens is 3. The quantitative estimate of drug-likeness (QED) is 0.626. The lowest BCUT2D eigenvalue weighted by Gasteiger charge is -2.09. The Hall–Kier alpha value is -1.62. The van der Waals surface area contributed by atoms with Gasteiger partial charge < -0.3 is 0 Å². The number of benzene rings is 1. The van der Waals surface area contributed by atoms with Gasteiger partial charge in [-0.2, -0.15) is 5.10 Å². The van der Waals surface area contributed by atoms with Crippen molar-refractivity contribution in [2.45, 2.75) is 24.3 Å². The third kappa shape index (κ3) is 2.79. The van der Waals surface area contributed by atoms with Crippen LogP contribution in [-0.4, -0.2) is 25.8 Å². The van der Waals surface area contributed by atoms with E-state index in [0.29, 0.717) is 0 Å². The topological polar surface area (TPSA) is 47.8 Å². The zero-order chi connectivity index (χ0) is 13.1. The van der Waals surface area contributed by atoms with Crippen molar-refractivity contribution < 1.29 is 4.79 Å². The normalized spacial score (nSPS) is 12.4. The summed E-state index contributed by atoms with van der Waals surface area (Å²) in [6, 6.07) is 7.64. The van der Waals surface area contributed by atoms with Gasteiger partial charge in [0.2, 0.25) is 0 Å². The van der Waals surface area contributed by atoms with E-state index < -0.39 is 0 Å². The van der Waals surface area contributed by atoms with Crippen molar-refractivity contribution >= 4 is 17.5 Å². The zero-order valence-electron chi connectivity index (χ0n) is 10.6. The highest BCUT2D eigenvalue weighted by atomic mass is 32.2. The highest BCUT2D eigenvalue weighted by Gasteiger charge is 2.18. The maximum absolute atomic E-state index is 12.2. The molecule has 1 unspecified atom stereocenters. The smallest absolute Gasteiger partial charge is 0.186 e. The number of rotatable bonds is 4. The maximum atomic E-state index is 12.2. The number of hydrogen-bond donors (Lipinski definition) is 0. The highest BCUT2D eigenvalue weighted by molar-refractivity contribution is 8.00. The molecule has 2 rings (SSSR count). The molecule has 0 bridgehead atoms. The molecule has 0 N–H and O–H groups in total. The Kier molecular flexibility index (Phi) is 3.81. The number of carbonyl (C=O) groups is 1. The van der Waals surface area contributed by atoms with Crippen molar-refractivity contribution in [1.29, 1.82) is 0 Å². The van der Waals surface area contributed by atoms with Gasteiger partial charge >= 0.3 is 0 Å². The molecule has 0 aliphatic carbocycles. The molecule has 0 saturated carbocycles. The van der Waals surface area contributed by atoms with E-state index in [0.717, 1.165) is 16.3 Å². The second-order valence-corrected chi connectivity index (χ2v) is 5.46. The monoisotopic (exact) mass is 261 g/mol. The van der Waals surface area contributed by atoms with Crippen LogP contribution >= 0.6 is 11.8 Å². The first kappa shape index (κ1) is 12.8. The summed E-state index contributed by atoms with van der Waals surface area (Å²) in [6.45, 7) is 3.90. The molecule has 0 radical (unpaired) electrons. The van der Waals surface area contributed by atoms with E-state index in [1.165, 1.54) is 18.1 Å². The van der Waals surface area contributed by atoms with Crippen LogP contribution in [0.15, 0.2) is 35.7 Å². The summed E-state index contributed by atoms with van der Waals surface area (Å²) in [7, 11) is 1.82. The Morgan fingerprint density at radius 2 is 2.00 bits per heavy atom. The molecular formula is C13H15N3OS. The summed E-state index contributed by atoms with van der Waals surface area (Å²) in [5.41, 5.74) is 1.89. The second-order valence-electron chi connectivity index (χ2n) is 4.16. The predicted molar refractivity (Wildman–Crippen MR) is 71.8 cm³/mol. The molecule has 1 atom stereocenters. The summed E-state index contributed by atoms with van der Waals surface area (Å²) in [5.74, 6) is 0.114. The molecule has 5 heteroatoms. The van der Waals surface area contributed by atoms with Crippen LogP contribution in [0.1, 0.15) is 22.8 Å². The average Bonchev–Trinajstić information content (AvgIpc) is 2.75. The van der Waals surface area contributed by atoms with Crippen LogP contribution in [0.5, 0.6) is 0 Å². The van der Waals surface area contributed by atoms with Gasteiger partial charge in [0, 0.05) is 12.6 Å². The van der Waals surface area contributed by atoms with Crippen molar-refractivity contribution in [3.05, 3.63) is 41.7 Å². The molecule has 1 heterocycles. The lowest BCUT2D eigenvalue weighted by molar-refractivity contribution is 0.0994. The van der Waals surface area contributed by atoms with Crippen LogP contribution in [0.4, 0.5) is 0 Å². The van der Waals surface area contributed by atoms with Gasteiger partial charge in [-0.05, 0) is 13.8 Å². The van der Waals surface area contributed by atoms with E-state index in [4.69, 9.17) is 0 Å². The molecule has 0 aliphatic rings. The number of thioether (sulfide) groups is 1. The molecule has 0 aliphatic heterocycles. The minimum atomic E-state index is -0.171. The highest BCUT2D eigenvalue weighted by Crippen LogP contribution is 2.23. The van der Waals surface area contributed by atoms with Crippen LogP contribution < -0.4 is 0 Å². The Morgan fingerprint density at radius 3 is 2.56 bits per heavy atom. The number of ketones is 1. The fraction of sp³-hybridized carbons (Fsp3) is 0.308. The summed E-state index contributed by atoms with van der Waals surface area (Å²) < 4.78 is 1.67. The van der Waals surface area contributed by atoms with Crippen LogP contribution in [-0.2, 0) is 7.05 Å². The molecule has 0 amide bonds. The molecule has 0 fully saturated rings. The Bertz CT molecular complexity index is 548. The molecule has 18 heavy (non-hydrogen) atoms. The minimum absolute atomic E-state index is 0.114. The van der Waals surface area contributed by atoms with Gasteiger partial charge in [0.1, 0.15) is 6.33 Å². The number of Topliss-reactive ketones (excluding diaryl/α,β-unsaturated/α-hetero) is 1. The number of hydrogen-bond acceptors (Lipinski definition) is 4. The van der Waals surface area contributed by atoms with Crippen molar-refractivity contribution in [1.82, 2.24) is 14.8 Å². The molecular weight excluding hydrogens is 246 g/mol. The van der Waals surface area contributed by atoms with E-state index in [-0.39, 0.29) is 11.0 Å². The molecule has 0 spiro atoms. The van der Waals surface area contributed by atoms with Crippen molar-refractivity contribution in [2.24, 2.45) is 7.05 Å². The van der Waals surface area contributed by atoms with E-state index in [2.05, 4.69) is 10.1 Å². The van der Waals surface area contributed by atoms with E-state index in [9.17, 15) is 4.79 Å². The summed E-state index contributed by atoms with van der Waals surface area (Å²) in [6.07, 6.45) is 1.49. The molecule has 4 nitrogen and oxygen atoms in total. The van der Waals surface area contributed by atoms with Gasteiger partial charge in [-0.15, -0.1) is 0 Å². The van der Waals surface area contributed by atoms with Crippen molar-refractivity contribution in [2.75, 3.05) is 0 Å². The summed E-state index contributed by atoms with van der Waals surface area (Å²) in [4.78, 5) is 16.3. The largest absolute Gasteiger partial charge is 0.293 e. The fourth-order valence-electron chi connectivity index (χ4n) is 1.56. The first-order valence-electron chi connectivity index (χ1n) is 5.69. The summed E-state index contributed by atoms with van der Waals surface area (Å²) in [5, 5.41) is 4.57. The van der Waals surface area contributed by atoms with Gasteiger partial charge in [0.15, 0.2) is 10.9 Å². The third-order valence-electron chi connectivity index (χ3n) is 2.66. The Morgan fingerprint density at radius 1 is 1.33 bits per heavy atom. The number of aryl methyl sites for hydroxylation is 2. The summed E-state index contributed by atoms with van der Waals surface area (Å²) >= 11 is 1.42. The lowest BCUT2D eigenvalue weighted by atomic mass is 10.1. The average molecular weight is 261 g/mol. The molecule has 0 saturated heterocycles. The predicted octanol–water partition coefficient (Wildman–Crippen LogP) is 2.49. The Balaban J connectivity index is 2.09. The molecule has 1 aromatic carbocycles. The van der Waals surface area contributed by atoms with Crippen LogP contribution in [0, 0.1) is 6.92 Å². The Labute approximate surface area is 110 Å². The first-order valence-corrected chi connectivity index (χ1v) is 6.57. The number of carbonyl (C=O) groups excluding carboxylic acids is 1. The minimum Gasteiger partial charge on any atom is -0.293 e. The lowest BCUT2D eigenvalue weighted by Crippen LogP contribution is -2.14. The van der Waals surface area contributed by atoms with Gasteiger partial charge in [-0.25, -0.2) is 9.67 Å². The van der Waals surface area contributed by atoms with Gasteiger partial charge in [-0.3, -0.25) is 4.79 Å². The van der Waals surface area contributed by atoms with Gasteiger partial charge in [0.25, 0.3) is 0 Å². The maximum Gasteiger partial charge on any atom is 0.186 e. The van der Waals surface area contributed by atoms with Crippen molar-refractivity contribution in [3.8, 4) is 0 Å². The third-order valence-corrected chi connectivity index (χ3v) is 3.81. The van der Waals surface area contributed by atoms with Gasteiger partial charge in [0.05, 0.1) is 5.25 Å². The van der Waals surface area contributed by atoms with Crippen LogP contribution in [0.2, 0.25) is 0 Å². The molecule has 1 aromatic heterocycles. The van der Waals surface area contributed by atoms with Gasteiger partial charge in [-0.1, -0.05) is 41.6 Å². The van der Waals surface area contributed by atoms with E-state index in [1.54, 1.807) is 4.68 Å². The standard InChI is InChI=1S/C13H15N3OS/c1-9-4-6-11(7-5-9)12(17)10(2)18-13-14-8-15-16(13)3/h4-8,10H,1-3H3. The van der Waals surface area contributed by atoms with E-state index >= 15 is 0 Å². The molecule has 2 aromatic rings. The number of nitrogens with zero attached hydrogens (tertiary/aromatic N) is 3. The molecule has 94 valence electrons. The van der Waals surface area contributed by atoms with Crippen molar-refractivity contribution in [3.63, 3.8) is 0 Å². The SMILES string of the molecule is Cc1ccc(C(=O)C(C)Sc2ncnn2C)cc1. The van der Waals surface area contributed by atoms with Crippen LogP contribution in [0.25, 0.3) is 0 Å². The fourth-order valence-corrected chi connectivity index (χ4v) is 2.42. The second kappa shape index (κ2) is 5.35. The zero-order valence-corrected chi connectivity index (χ0v) is 11.4. The first-order chi connectivity index (χ1) is 8.58. The van der Waals surface area contributed by atoms with Crippen LogP contribution in [0.3, 0.4) is 0 Å².